The number of hydrogen-bond donors (Lipinski definition) is 2. The Morgan fingerprint density at radius 2 is 1.97 bits per heavy atom. The summed E-state index contributed by atoms with van der Waals surface area (Å²) in [5, 5.41) is 11.3. The van der Waals surface area contributed by atoms with E-state index in [2.05, 4.69) is 31.3 Å². The van der Waals surface area contributed by atoms with Gasteiger partial charge in [-0.2, -0.15) is 5.10 Å². The van der Waals surface area contributed by atoms with Crippen molar-refractivity contribution >= 4 is 28.4 Å². The van der Waals surface area contributed by atoms with Gasteiger partial charge in [0.15, 0.2) is 5.13 Å². The molecule has 33 heavy (non-hydrogen) atoms. The minimum Gasteiger partial charge on any atom is -0.341 e. The number of carbonyl (C=O) groups is 2. The van der Waals surface area contributed by atoms with Crippen molar-refractivity contribution in [3.63, 3.8) is 0 Å². The highest BCUT2D eigenvalue weighted by atomic mass is 32.1. The van der Waals surface area contributed by atoms with E-state index in [0.29, 0.717) is 18.2 Å². The number of rotatable bonds is 3. The van der Waals surface area contributed by atoms with Gasteiger partial charge in [0.1, 0.15) is 0 Å². The van der Waals surface area contributed by atoms with E-state index in [4.69, 9.17) is 5.10 Å². The molecule has 0 aromatic carbocycles. The molecule has 1 aliphatic carbocycles. The van der Waals surface area contributed by atoms with Crippen molar-refractivity contribution < 1.29 is 9.59 Å². The van der Waals surface area contributed by atoms with E-state index in [1.807, 2.05) is 24.1 Å². The molecule has 2 aliphatic rings. The fourth-order valence-corrected chi connectivity index (χ4v) is 5.80. The van der Waals surface area contributed by atoms with E-state index >= 15 is 0 Å². The molecule has 1 fully saturated rings. The van der Waals surface area contributed by atoms with Crippen LogP contribution in [-0.4, -0.2) is 56.7 Å². The van der Waals surface area contributed by atoms with Crippen LogP contribution in [0.4, 0.5) is 9.93 Å². The Bertz CT molecular complexity index is 1210. The number of carbonyl (C=O) groups excluding carboxylic acids is 2. The van der Waals surface area contributed by atoms with Crippen molar-refractivity contribution in [2.75, 3.05) is 25.5 Å². The van der Waals surface area contributed by atoms with Gasteiger partial charge in [0, 0.05) is 50.1 Å². The van der Waals surface area contributed by atoms with Crippen LogP contribution >= 0.6 is 11.3 Å². The van der Waals surface area contributed by atoms with Crippen molar-refractivity contribution in [2.24, 2.45) is 0 Å². The standard InChI is InChI=1S/C23H27N7O2S/c1-13-4-5-15(12-25-13)19-17-6-7-18-21(33-22(27-18)26-14(2)31)20(17)30(28-19)16-8-10-29(11-9-16)23(32)24-3/h4-5,12,16H,6-11H2,1-3H3,(H,24,32)(H,26,27,31). The fourth-order valence-electron chi connectivity index (χ4n) is 4.68. The molecule has 3 amide bonds. The Morgan fingerprint density at radius 1 is 1.18 bits per heavy atom. The lowest BCUT2D eigenvalue weighted by Crippen LogP contribution is -2.43. The molecule has 0 unspecified atom stereocenters. The van der Waals surface area contributed by atoms with Crippen molar-refractivity contribution in [1.82, 2.24) is 30.0 Å². The Balaban J connectivity index is 1.57. The minimum atomic E-state index is -0.122. The van der Waals surface area contributed by atoms with Crippen LogP contribution in [0, 0.1) is 6.92 Å². The third-order valence-corrected chi connectivity index (χ3v) is 7.33. The summed E-state index contributed by atoms with van der Waals surface area (Å²) in [4.78, 5) is 35.8. The lowest BCUT2D eigenvalue weighted by Gasteiger charge is -2.32. The van der Waals surface area contributed by atoms with Gasteiger partial charge in [-0.3, -0.25) is 14.5 Å². The zero-order valence-electron chi connectivity index (χ0n) is 19.0. The number of aromatic nitrogens is 4. The summed E-state index contributed by atoms with van der Waals surface area (Å²) in [6.07, 6.45) is 5.21. The van der Waals surface area contributed by atoms with E-state index in [1.54, 1.807) is 7.05 Å². The molecule has 9 nitrogen and oxygen atoms in total. The highest BCUT2D eigenvalue weighted by Crippen LogP contribution is 2.45. The number of anilines is 1. The van der Waals surface area contributed by atoms with Gasteiger partial charge >= 0.3 is 6.03 Å². The molecule has 0 bridgehead atoms. The number of nitrogens with zero attached hydrogens (tertiary/aromatic N) is 5. The van der Waals surface area contributed by atoms with Crippen molar-refractivity contribution in [3.8, 4) is 21.8 Å². The summed E-state index contributed by atoms with van der Waals surface area (Å²) >= 11 is 1.51. The van der Waals surface area contributed by atoms with Gasteiger partial charge in [0.05, 0.1) is 28.0 Å². The summed E-state index contributed by atoms with van der Waals surface area (Å²) in [6, 6.07) is 4.24. The number of nitrogens with one attached hydrogen (secondary N) is 2. The van der Waals surface area contributed by atoms with Crippen LogP contribution in [0.5, 0.6) is 0 Å². The Hall–Kier alpha value is -3.27. The van der Waals surface area contributed by atoms with Crippen LogP contribution in [0.1, 0.15) is 42.8 Å². The van der Waals surface area contributed by atoms with E-state index in [-0.39, 0.29) is 18.0 Å². The number of amides is 3. The summed E-state index contributed by atoms with van der Waals surface area (Å²) < 4.78 is 2.15. The third-order valence-electron chi connectivity index (χ3n) is 6.31. The maximum absolute atomic E-state index is 12.1. The molecule has 4 heterocycles. The first-order valence-electron chi connectivity index (χ1n) is 11.2. The zero-order chi connectivity index (χ0) is 23.1. The second-order valence-corrected chi connectivity index (χ2v) is 9.56. The first kappa shape index (κ1) is 21.6. The van der Waals surface area contributed by atoms with E-state index in [1.165, 1.54) is 23.8 Å². The number of piperidine rings is 1. The maximum atomic E-state index is 12.1. The van der Waals surface area contributed by atoms with E-state index in [0.717, 1.165) is 58.9 Å². The quantitative estimate of drug-likeness (QED) is 0.617. The number of aryl methyl sites for hydroxylation is 2. The summed E-state index contributed by atoms with van der Waals surface area (Å²) in [7, 11) is 1.66. The van der Waals surface area contributed by atoms with Crippen LogP contribution in [0.15, 0.2) is 18.3 Å². The SMILES string of the molecule is CNC(=O)N1CCC(n2nc(-c3ccc(C)nc3)c3c2-c2sc(NC(C)=O)nc2CC3)CC1. The van der Waals surface area contributed by atoms with Crippen molar-refractivity contribution in [2.45, 2.75) is 45.6 Å². The zero-order valence-corrected chi connectivity index (χ0v) is 19.8. The van der Waals surface area contributed by atoms with Crippen LogP contribution in [0.2, 0.25) is 0 Å². The maximum Gasteiger partial charge on any atom is 0.317 e. The molecule has 0 radical (unpaired) electrons. The monoisotopic (exact) mass is 465 g/mol. The predicted octanol–water partition coefficient (Wildman–Crippen LogP) is 3.41. The molecule has 3 aromatic heterocycles. The Kier molecular flexibility index (Phi) is 5.61. The fraction of sp³-hybridized carbons (Fsp3) is 0.435. The molecule has 5 rings (SSSR count). The van der Waals surface area contributed by atoms with Gasteiger partial charge in [-0.1, -0.05) is 11.3 Å². The lowest BCUT2D eigenvalue weighted by atomic mass is 9.95. The molecule has 1 saturated heterocycles. The number of likely N-dealkylation sites (tertiary alicyclic amines) is 1. The number of thiazole rings is 1. The normalized spacial score (nSPS) is 15.7. The number of fused-ring (bicyclic) bond motifs is 3. The number of pyridine rings is 1. The van der Waals surface area contributed by atoms with Crippen LogP contribution < -0.4 is 10.6 Å². The van der Waals surface area contributed by atoms with Crippen LogP contribution in [0.3, 0.4) is 0 Å². The van der Waals surface area contributed by atoms with Crippen molar-refractivity contribution in [3.05, 3.63) is 35.3 Å². The molecule has 172 valence electrons. The number of urea groups is 1. The smallest absolute Gasteiger partial charge is 0.317 e. The van der Waals surface area contributed by atoms with E-state index in [9.17, 15) is 9.59 Å². The average Bonchev–Trinajstić information content (AvgIpc) is 3.39. The first-order chi connectivity index (χ1) is 15.9. The highest BCUT2D eigenvalue weighted by molar-refractivity contribution is 7.19. The van der Waals surface area contributed by atoms with Gasteiger partial charge in [-0.05, 0) is 44.7 Å². The third kappa shape index (κ3) is 3.99. The molecule has 3 aromatic rings. The molecule has 0 spiro atoms. The molecule has 2 N–H and O–H groups in total. The minimum absolute atomic E-state index is 0.0351. The second-order valence-electron chi connectivity index (χ2n) is 8.56. The van der Waals surface area contributed by atoms with Gasteiger partial charge in [0.2, 0.25) is 5.91 Å². The molecule has 0 saturated carbocycles. The molecule has 0 atom stereocenters. The summed E-state index contributed by atoms with van der Waals surface area (Å²) in [6.45, 7) is 4.85. The van der Waals surface area contributed by atoms with Gasteiger partial charge in [0.25, 0.3) is 0 Å². The van der Waals surface area contributed by atoms with Crippen LogP contribution in [0.25, 0.3) is 21.8 Å². The van der Waals surface area contributed by atoms with E-state index < -0.39 is 0 Å². The van der Waals surface area contributed by atoms with Gasteiger partial charge in [-0.25, -0.2) is 9.78 Å². The summed E-state index contributed by atoms with van der Waals surface area (Å²) in [5.74, 6) is -0.122. The lowest BCUT2D eigenvalue weighted by molar-refractivity contribution is -0.114. The number of hydrogen-bond acceptors (Lipinski definition) is 6. The van der Waals surface area contributed by atoms with Crippen molar-refractivity contribution in [1.29, 1.82) is 0 Å². The van der Waals surface area contributed by atoms with Crippen LogP contribution in [-0.2, 0) is 17.6 Å². The molecular formula is C23H27N7O2S. The second kappa shape index (κ2) is 8.58. The largest absolute Gasteiger partial charge is 0.341 e. The summed E-state index contributed by atoms with van der Waals surface area (Å²) in [5.41, 5.74) is 6.26. The first-order valence-corrected chi connectivity index (χ1v) is 12.0. The van der Waals surface area contributed by atoms with Gasteiger partial charge < -0.3 is 15.5 Å². The molecule has 1 aliphatic heterocycles. The molecular weight excluding hydrogens is 438 g/mol. The topological polar surface area (TPSA) is 105 Å². The predicted molar refractivity (Wildman–Crippen MR) is 127 cm³/mol. The average molecular weight is 466 g/mol. The Labute approximate surface area is 196 Å². The molecule has 10 heteroatoms. The highest BCUT2D eigenvalue weighted by Gasteiger charge is 2.33. The Morgan fingerprint density at radius 3 is 2.64 bits per heavy atom. The van der Waals surface area contributed by atoms with Gasteiger partial charge in [-0.15, -0.1) is 0 Å².